The van der Waals surface area contributed by atoms with Gasteiger partial charge in [0.2, 0.25) is 0 Å². The first-order chi connectivity index (χ1) is 20.2. The van der Waals surface area contributed by atoms with Crippen molar-refractivity contribution in [2.45, 2.75) is 6.92 Å². The van der Waals surface area contributed by atoms with Crippen molar-refractivity contribution in [3.05, 3.63) is 139 Å². The summed E-state index contributed by atoms with van der Waals surface area (Å²) < 4.78 is 13.1. The van der Waals surface area contributed by atoms with E-state index in [9.17, 15) is 0 Å². The topological polar surface area (TPSA) is 44.2 Å². The Labute approximate surface area is 238 Å². The summed E-state index contributed by atoms with van der Waals surface area (Å²) in [5.41, 5.74) is 10.3. The van der Waals surface area contributed by atoms with E-state index in [-0.39, 0.29) is 5.92 Å². The Hall–Kier alpha value is -5.22. The minimum atomic E-state index is 0.182. The van der Waals surface area contributed by atoms with Crippen molar-refractivity contribution in [3.63, 3.8) is 0 Å². The monoisotopic (exact) mass is 530 g/mol. The van der Waals surface area contributed by atoms with Crippen molar-refractivity contribution in [2.24, 2.45) is 5.92 Å². The van der Waals surface area contributed by atoms with E-state index in [1.807, 2.05) is 49.1 Å². The summed E-state index contributed by atoms with van der Waals surface area (Å²) in [6.45, 7) is 2.89. The summed E-state index contributed by atoms with van der Waals surface area (Å²) in [6.07, 6.45) is 7.30. The van der Waals surface area contributed by atoms with Crippen LogP contribution in [-0.2, 0) is 0 Å². The van der Waals surface area contributed by atoms with Crippen molar-refractivity contribution in [3.8, 4) is 39.5 Å². The van der Waals surface area contributed by atoms with Crippen LogP contribution in [0.4, 0.5) is 0 Å². The van der Waals surface area contributed by atoms with Crippen molar-refractivity contribution in [2.75, 3.05) is 6.61 Å². The molecular formula is C37H26N2O2. The van der Waals surface area contributed by atoms with Gasteiger partial charge in [-0.2, -0.15) is 0 Å². The predicted molar refractivity (Wildman–Crippen MR) is 164 cm³/mol. The largest absolute Gasteiger partial charge is 0.492 e. The van der Waals surface area contributed by atoms with Gasteiger partial charge < -0.3 is 9.47 Å². The van der Waals surface area contributed by atoms with Crippen molar-refractivity contribution < 1.29 is 9.47 Å². The van der Waals surface area contributed by atoms with E-state index in [1.165, 1.54) is 27.5 Å². The number of hydrogen-bond acceptors (Lipinski definition) is 4. The maximum Gasteiger partial charge on any atom is 0.135 e. The van der Waals surface area contributed by atoms with Crippen LogP contribution in [0.3, 0.4) is 0 Å². The summed E-state index contributed by atoms with van der Waals surface area (Å²) in [6, 6.07) is 34.1. The SMILES string of the molecule is C[C@H]1COc2ccc3ccccc3c2C1=C1c2ccc(-c3ccncc3)cc2Oc2cc(-c3ccncc3)ccc21. The molecule has 0 saturated carbocycles. The van der Waals surface area contributed by atoms with E-state index in [4.69, 9.17) is 9.47 Å². The van der Waals surface area contributed by atoms with Gasteiger partial charge in [0.15, 0.2) is 0 Å². The van der Waals surface area contributed by atoms with Crippen LogP contribution < -0.4 is 9.47 Å². The van der Waals surface area contributed by atoms with E-state index in [0.29, 0.717) is 6.61 Å². The highest BCUT2D eigenvalue weighted by Gasteiger charge is 2.33. The molecule has 41 heavy (non-hydrogen) atoms. The average Bonchev–Trinajstić information content (AvgIpc) is 3.04. The zero-order valence-corrected chi connectivity index (χ0v) is 22.5. The number of ether oxygens (including phenoxy) is 2. The third kappa shape index (κ3) is 3.91. The molecule has 0 saturated heterocycles. The Bertz CT molecular complexity index is 1890. The average molecular weight is 531 g/mol. The molecule has 6 aromatic rings. The van der Waals surface area contributed by atoms with E-state index in [2.05, 4.69) is 89.7 Å². The molecule has 0 N–H and O–H groups in total. The fourth-order valence-electron chi connectivity index (χ4n) is 6.19. The molecule has 8 rings (SSSR count). The first kappa shape index (κ1) is 23.6. The second-order valence-electron chi connectivity index (χ2n) is 10.7. The van der Waals surface area contributed by atoms with Gasteiger partial charge in [0.05, 0.1) is 6.61 Å². The Morgan fingerprint density at radius 3 is 1.85 bits per heavy atom. The predicted octanol–water partition coefficient (Wildman–Crippen LogP) is 9.06. The molecular weight excluding hydrogens is 504 g/mol. The third-order valence-electron chi connectivity index (χ3n) is 8.16. The first-order valence-corrected chi connectivity index (χ1v) is 13.9. The van der Waals surface area contributed by atoms with Gasteiger partial charge in [0.1, 0.15) is 17.2 Å². The first-order valence-electron chi connectivity index (χ1n) is 13.9. The molecule has 2 aromatic heterocycles. The molecule has 0 radical (unpaired) electrons. The van der Waals surface area contributed by atoms with Crippen LogP contribution in [0, 0.1) is 5.92 Å². The lowest BCUT2D eigenvalue weighted by Crippen LogP contribution is -2.20. The molecule has 196 valence electrons. The summed E-state index contributed by atoms with van der Waals surface area (Å²) in [7, 11) is 0. The zero-order valence-electron chi connectivity index (χ0n) is 22.5. The number of rotatable bonds is 2. The second-order valence-corrected chi connectivity index (χ2v) is 10.7. The lowest BCUT2D eigenvalue weighted by Gasteiger charge is -2.33. The highest BCUT2D eigenvalue weighted by atomic mass is 16.5. The van der Waals surface area contributed by atoms with Crippen molar-refractivity contribution >= 4 is 21.9 Å². The van der Waals surface area contributed by atoms with Crippen LogP contribution in [0.1, 0.15) is 23.6 Å². The minimum absolute atomic E-state index is 0.182. The second kappa shape index (κ2) is 9.46. The van der Waals surface area contributed by atoms with Crippen LogP contribution in [0.25, 0.3) is 44.2 Å². The van der Waals surface area contributed by atoms with Gasteiger partial charge in [-0.15, -0.1) is 0 Å². The van der Waals surface area contributed by atoms with Crippen LogP contribution in [0.5, 0.6) is 17.2 Å². The molecule has 0 amide bonds. The Morgan fingerprint density at radius 1 is 0.610 bits per heavy atom. The molecule has 0 aliphatic carbocycles. The summed E-state index contributed by atoms with van der Waals surface area (Å²) in [5.74, 6) is 2.81. The maximum absolute atomic E-state index is 6.74. The van der Waals surface area contributed by atoms with Crippen LogP contribution >= 0.6 is 0 Å². The van der Waals surface area contributed by atoms with Gasteiger partial charge in [-0.05, 0) is 93.2 Å². The van der Waals surface area contributed by atoms with E-state index >= 15 is 0 Å². The molecule has 0 bridgehead atoms. The van der Waals surface area contributed by atoms with Crippen LogP contribution in [0.2, 0.25) is 0 Å². The Kier molecular flexibility index (Phi) is 5.46. The van der Waals surface area contributed by atoms with Gasteiger partial charge in [-0.1, -0.05) is 49.4 Å². The van der Waals surface area contributed by atoms with E-state index < -0.39 is 0 Å². The quantitative estimate of drug-likeness (QED) is 0.224. The maximum atomic E-state index is 6.74. The van der Waals surface area contributed by atoms with Gasteiger partial charge in [-0.3, -0.25) is 9.97 Å². The summed E-state index contributed by atoms with van der Waals surface area (Å²) in [4.78, 5) is 8.40. The van der Waals surface area contributed by atoms with Gasteiger partial charge >= 0.3 is 0 Å². The molecule has 4 nitrogen and oxygen atoms in total. The molecule has 2 aliphatic rings. The Balaban J connectivity index is 1.43. The molecule has 0 fully saturated rings. The number of aromatic nitrogens is 2. The zero-order chi connectivity index (χ0) is 27.3. The van der Waals surface area contributed by atoms with Crippen LogP contribution in [0.15, 0.2) is 122 Å². The van der Waals surface area contributed by atoms with E-state index in [1.54, 1.807) is 0 Å². The molecule has 1 atom stereocenters. The van der Waals surface area contributed by atoms with E-state index in [0.717, 1.165) is 50.6 Å². The Morgan fingerprint density at radius 2 is 1.22 bits per heavy atom. The van der Waals surface area contributed by atoms with Crippen molar-refractivity contribution in [1.82, 2.24) is 9.97 Å². The van der Waals surface area contributed by atoms with Gasteiger partial charge in [-0.25, -0.2) is 0 Å². The summed E-state index contributed by atoms with van der Waals surface area (Å²) in [5, 5.41) is 2.41. The highest BCUT2D eigenvalue weighted by Crippen LogP contribution is 2.53. The summed E-state index contributed by atoms with van der Waals surface area (Å²) >= 11 is 0. The number of fused-ring (bicyclic) bond motifs is 5. The third-order valence-corrected chi connectivity index (χ3v) is 8.16. The number of hydrogen-bond donors (Lipinski definition) is 0. The fraction of sp³-hybridized carbons (Fsp3) is 0.0811. The molecule has 4 aromatic carbocycles. The molecule has 0 unspecified atom stereocenters. The normalized spacial score (nSPS) is 15.4. The highest BCUT2D eigenvalue weighted by molar-refractivity contribution is 6.10. The van der Waals surface area contributed by atoms with Gasteiger partial charge in [0.25, 0.3) is 0 Å². The fourth-order valence-corrected chi connectivity index (χ4v) is 6.19. The molecule has 4 heteroatoms. The molecule has 0 spiro atoms. The number of benzene rings is 4. The minimum Gasteiger partial charge on any atom is -0.492 e. The molecule has 2 aliphatic heterocycles. The van der Waals surface area contributed by atoms with Crippen LogP contribution in [-0.4, -0.2) is 16.6 Å². The molecule has 4 heterocycles. The standard InChI is InChI=1S/C37H26N2O2/c1-23-22-40-32-11-8-26-4-2-3-5-29(26)37(32)35(23)36-30-9-6-27(24-12-16-38-17-13-24)20-33(30)41-34-21-28(7-10-31(34)36)25-14-18-39-19-15-25/h2-21,23H,22H2,1H3/t23-/m0/s1. The number of pyridine rings is 2. The number of nitrogens with zero attached hydrogens (tertiary/aromatic N) is 2. The smallest absolute Gasteiger partial charge is 0.135 e. The van der Waals surface area contributed by atoms with Crippen molar-refractivity contribution in [1.29, 1.82) is 0 Å². The van der Waals surface area contributed by atoms with Gasteiger partial charge in [0, 0.05) is 53.0 Å². The lowest BCUT2D eigenvalue weighted by atomic mass is 9.79. The lowest BCUT2D eigenvalue weighted by molar-refractivity contribution is 0.277.